The number of carbonyl (C=O) groups is 2. The molecule has 1 fully saturated rings. The molecule has 4 rings (SSSR count). The second-order valence-corrected chi connectivity index (χ2v) is 7.17. The first-order valence-electron chi connectivity index (χ1n) is 9.67. The monoisotopic (exact) mass is 363 g/mol. The van der Waals surface area contributed by atoms with Crippen molar-refractivity contribution in [1.82, 2.24) is 9.80 Å². The molecule has 27 heavy (non-hydrogen) atoms. The van der Waals surface area contributed by atoms with Gasteiger partial charge in [0.1, 0.15) is 0 Å². The van der Waals surface area contributed by atoms with Crippen LogP contribution in [0.1, 0.15) is 22.3 Å². The van der Waals surface area contributed by atoms with Crippen molar-refractivity contribution in [3.8, 4) is 0 Å². The standard InChI is InChI=1S/C22H25N3O2/c26-21(25-13-10-18-6-4-5-9-20(18)25)11-12-23-14-16-24(17-15-23)22(27)19-7-2-1-3-8-19/h1-9H,10-17H2. The Labute approximate surface area is 160 Å². The average Bonchev–Trinajstić information content (AvgIpc) is 3.17. The van der Waals surface area contributed by atoms with Crippen LogP contribution < -0.4 is 4.90 Å². The summed E-state index contributed by atoms with van der Waals surface area (Å²) in [5, 5.41) is 0. The number of hydrogen-bond acceptors (Lipinski definition) is 3. The van der Waals surface area contributed by atoms with Crippen LogP contribution in [0.5, 0.6) is 0 Å². The highest BCUT2D eigenvalue weighted by molar-refractivity contribution is 5.95. The van der Waals surface area contributed by atoms with Crippen molar-refractivity contribution in [3.63, 3.8) is 0 Å². The Morgan fingerprint density at radius 1 is 0.815 bits per heavy atom. The number of piperazine rings is 1. The molecule has 0 saturated carbocycles. The largest absolute Gasteiger partial charge is 0.336 e. The fourth-order valence-electron chi connectivity index (χ4n) is 3.92. The summed E-state index contributed by atoms with van der Waals surface area (Å²) in [6, 6.07) is 17.6. The quantitative estimate of drug-likeness (QED) is 0.838. The Kier molecular flexibility index (Phi) is 5.21. The van der Waals surface area contributed by atoms with Gasteiger partial charge in [0.05, 0.1) is 0 Å². The maximum Gasteiger partial charge on any atom is 0.253 e. The molecule has 0 aliphatic carbocycles. The van der Waals surface area contributed by atoms with Crippen LogP contribution in [-0.2, 0) is 11.2 Å². The van der Waals surface area contributed by atoms with E-state index in [4.69, 9.17) is 0 Å². The van der Waals surface area contributed by atoms with Crippen LogP contribution in [0.4, 0.5) is 5.69 Å². The van der Waals surface area contributed by atoms with Crippen molar-refractivity contribution in [2.75, 3.05) is 44.2 Å². The van der Waals surface area contributed by atoms with Gasteiger partial charge in [-0.3, -0.25) is 14.5 Å². The predicted octanol–water partition coefficient (Wildman–Crippen LogP) is 2.42. The van der Waals surface area contributed by atoms with Gasteiger partial charge >= 0.3 is 0 Å². The summed E-state index contributed by atoms with van der Waals surface area (Å²) >= 11 is 0. The summed E-state index contributed by atoms with van der Waals surface area (Å²) in [5.41, 5.74) is 3.08. The van der Waals surface area contributed by atoms with Gasteiger partial charge in [0.25, 0.3) is 5.91 Å². The van der Waals surface area contributed by atoms with E-state index >= 15 is 0 Å². The van der Waals surface area contributed by atoms with Crippen molar-refractivity contribution in [2.45, 2.75) is 12.8 Å². The molecule has 0 spiro atoms. The molecule has 2 aliphatic rings. The predicted molar refractivity (Wildman–Crippen MR) is 106 cm³/mol. The number of nitrogens with zero attached hydrogens (tertiary/aromatic N) is 3. The molecule has 2 aromatic rings. The Balaban J connectivity index is 1.25. The summed E-state index contributed by atoms with van der Waals surface area (Å²) in [6.07, 6.45) is 1.48. The lowest BCUT2D eigenvalue weighted by Gasteiger charge is -2.35. The second-order valence-electron chi connectivity index (χ2n) is 7.17. The number of fused-ring (bicyclic) bond motifs is 1. The third kappa shape index (κ3) is 3.88. The summed E-state index contributed by atoms with van der Waals surface area (Å²) in [6.45, 7) is 4.62. The molecule has 0 radical (unpaired) electrons. The van der Waals surface area contributed by atoms with Gasteiger partial charge in [-0.05, 0) is 30.2 Å². The first kappa shape index (κ1) is 17.7. The highest BCUT2D eigenvalue weighted by Crippen LogP contribution is 2.27. The van der Waals surface area contributed by atoms with Crippen LogP contribution in [0.25, 0.3) is 0 Å². The minimum absolute atomic E-state index is 0.0972. The third-order valence-electron chi connectivity index (χ3n) is 5.51. The summed E-state index contributed by atoms with van der Waals surface area (Å²) in [7, 11) is 0. The average molecular weight is 363 g/mol. The zero-order chi connectivity index (χ0) is 18.6. The number of anilines is 1. The number of carbonyl (C=O) groups excluding carboxylic acids is 2. The highest BCUT2D eigenvalue weighted by Gasteiger charge is 2.26. The lowest BCUT2D eigenvalue weighted by molar-refractivity contribution is -0.118. The van der Waals surface area contributed by atoms with Gasteiger partial charge in [-0.1, -0.05) is 36.4 Å². The SMILES string of the molecule is O=C(c1ccccc1)N1CCN(CCC(=O)N2CCc3ccccc32)CC1. The molecule has 0 unspecified atom stereocenters. The molecule has 5 nitrogen and oxygen atoms in total. The normalized spacial score (nSPS) is 17.0. The van der Waals surface area contributed by atoms with Crippen molar-refractivity contribution in [1.29, 1.82) is 0 Å². The second kappa shape index (κ2) is 7.92. The Hall–Kier alpha value is -2.66. The topological polar surface area (TPSA) is 43.9 Å². The van der Waals surface area contributed by atoms with Crippen LogP contribution in [0.15, 0.2) is 54.6 Å². The van der Waals surface area contributed by atoms with Crippen LogP contribution >= 0.6 is 0 Å². The Morgan fingerprint density at radius 2 is 1.52 bits per heavy atom. The van der Waals surface area contributed by atoms with Crippen molar-refractivity contribution in [2.24, 2.45) is 0 Å². The molecule has 2 amide bonds. The first-order chi connectivity index (χ1) is 13.2. The van der Waals surface area contributed by atoms with Gasteiger partial charge < -0.3 is 9.80 Å². The maximum atomic E-state index is 12.6. The minimum Gasteiger partial charge on any atom is -0.336 e. The zero-order valence-electron chi connectivity index (χ0n) is 15.5. The molecule has 5 heteroatoms. The van der Waals surface area contributed by atoms with Crippen molar-refractivity contribution in [3.05, 3.63) is 65.7 Å². The summed E-state index contributed by atoms with van der Waals surface area (Å²) in [5.74, 6) is 0.294. The highest BCUT2D eigenvalue weighted by atomic mass is 16.2. The zero-order valence-corrected chi connectivity index (χ0v) is 15.5. The van der Waals surface area contributed by atoms with Crippen LogP contribution in [0, 0.1) is 0 Å². The molecule has 2 aliphatic heterocycles. The van der Waals surface area contributed by atoms with E-state index in [-0.39, 0.29) is 11.8 Å². The van der Waals surface area contributed by atoms with Crippen molar-refractivity contribution >= 4 is 17.5 Å². The summed E-state index contributed by atoms with van der Waals surface area (Å²) < 4.78 is 0. The molecule has 140 valence electrons. The van der Waals surface area contributed by atoms with E-state index in [1.807, 2.05) is 58.3 Å². The summed E-state index contributed by atoms with van der Waals surface area (Å²) in [4.78, 5) is 31.3. The van der Waals surface area contributed by atoms with E-state index in [0.717, 1.165) is 43.9 Å². The molecule has 0 bridgehead atoms. The molecule has 0 atom stereocenters. The van der Waals surface area contributed by atoms with Gasteiger partial charge in [-0.2, -0.15) is 0 Å². The lowest BCUT2D eigenvalue weighted by Crippen LogP contribution is -2.49. The van der Waals surface area contributed by atoms with E-state index < -0.39 is 0 Å². The van der Waals surface area contributed by atoms with Crippen LogP contribution in [0.3, 0.4) is 0 Å². The molecular formula is C22H25N3O2. The van der Waals surface area contributed by atoms with Gasteiger partial charge in [0, 0.05) is 56.9 Å². The number of amides is 2. The first-order valence-corrected chi connectivity index (χ1v) is 9.67. The molecule has 0 N–H and O–H groups in total. The van der Waals surface area contributed by atoms with Gasteiger partial charge in [-0.25, -0.2) is 0 Å². The van der Waals surface area contributed by atoms with Gasteiger partial charge in [-0.15, -0.1) is 0 Å². The Bertz CT molecular complexity index is 813. The number of hydrogen-bond donors (Lipinski definition) is 0. The fraction of sp³-hybridized carbons (Fsp3) is 0.364. The molecule has 1 saturated heterocycles. The van der Waals surface area contributed by atoms with E-state index in [2.05, 4.69) is 11.0 Å². The maximum absolute atomic E-state index is 12.6. The van der Waals surface area contributed by atoms with E-state index in [9.17, 15) is 9.59 Å². The molecule has 0 aromatic heterocycles. The van der Waals surface area contributed by atoms with Gasteiger partial charge in [0.2, 0.25) is 5.91 Å². The Morgan fingerprint density at radius 3 is 2.30 bits per heavy atom. The molecule has 2 aromatic carbocycles. The van der Waals surface area contributed by atoms with Crippen LogP contribution in [0.2, 0.25) is 0 Å². The molecular weight excluding hydrogens is 338 g/mol. The third-order valence-corrected chi connectivity index (χ3v) is 5.51. The van der Waals surface area contributed by atoms with E-state index in [1.54, 1.807) is 0 Å². The number of benzene rings is 2. The van der Waals surface area contributed by atoms with Gasteiger partial charge in [0.15, 0.2) is 0 Å². The smallest absolute Gasteiger partial charge is 0.253 e. The number of rotatable bonds is 4. The fourth-order valence-corrected chi connectivity index (χ4v) is 3.92. The van der Waals surface area contributed by atoms with E-state index in [0.29, 0.717) is 19.5 Å². The number of para-hydroxylation sites is 1. The molecule has 2 heterocycles. The minimum atomic E-state index is 0.0972. The van der Waals surface area contributed by atoms with Crippen molar-refractivity contribution < 1.29 is 9.59 Å². The van der Waals surface area contributed by atoms with Crippen LogP contribution in [-0.4, -0.2) is 60.9 Å². The lowest BCUT2D eigenvalue weighted by atomic mass is 10.1. The van der Waals surface area contributed by atoms with E-state index in [1.165, 1.54) is 5.56 Å².